The first-order valence-electron chi connectivity index (χ1n) is 7.06. The monoisotopic (exact) mass is 291 g/mol. The normalized spacial score (nSPS) is 10.4. The van der Waals surface area contributed by atoms with E-state index in [-0.39, 0.29) is 0 Å². The quantitative estimate of drug-likeness (QED) is 0.752. The van der Waals surface area contributed by atoms with E-state index in [0.717, 1.165) is 18.7 Å². The van der Waals surface area contributed by atoms with Crippen LogP contribution in [0.5, 0.6) is 6.01 Å². The van der Waals surface area contributed by atoms with Crippen LogP contribution in [0, 0.1) is 0 Å². The summed E-state index contributed by atoms with van der Waals surface area (Å²) in [4.78, 5) is 12.7. The van der Waals surface area contributed by atoms with Gasteiger partial charge in [-0.05, 0) is 19.9 Å². The summed E-state index contributed by atoms with van der Waals surface area (Å²) in [6.07, 6.45) is 2.62. The Morgan fingerprint density at radius 2 is 1.90 bits per heavy atom. The fourth-order valence-electron chi connectivity index (χ4n) is 1.82. The van der Waals surface area contributed by atoms with Crippen molar-refractivity contribution in [3.8, 4) is 6.01 Å². The van der Waals surface area contributed by atoms with Crippen molar-refractivity contribution < 1.29 is 4.74 Å². The molecule has 2 heterocycles. The van der Waals surface area contributed by atoms with Crippen molar-refractivity contribution in [2.24, 2.45) is 7.05 Å². The summed E-state index contributed by atoms with van der Waals surface area (Å²) in [6.45, 7) is 5.85. The Hall–Kier alpha value is -2.38. The predicted octanol–water partition coefficient (Wildman–Crippen LogP) is 1.09. The number of nitrogens with zero attached hydrogens (tertiary/aromatic N) is 5. The number of rotatable bonds is 8. The molecule has 0 bridgehead atoms. The average molecular weight is 291 g/mol. The zero-order valence-corrected chi connectivity index (χ0v) is 12.6. The Labute approximate surface area is 124 Å². The summed E-state index contributed by atoms with van der Waals surface area (Å²) in [6, 6.07) is 2.32. The second kappa shape index (κ2) is 7.41. The standard InChI is InChI=1S/C13H21N7O/c1-4-14-11-17-12(19-13(18-11)21-5-2)15-8-6-10-7-9-16-20(10)3/h7,9H,4-6,8H2,1-3H3,(H2,14,15,17,18,19). The minimum Gasteiger partial charge on any atom is -0.464 e. The van der Waals surface area contributed by atoms with Gasteiger partial charge in [-0.3, -0.25) is 4.68 Å². The first-order chi connectivity index (χ1) is 10.2. The third-order valence-electron chi connectivity index (χ3n) is 2.81. The van der Waals surface area contributed by atoms with Crippen molar-refractivity contribution in [3.63, 3.8) is 0 Å². The minimum atomic E-state index is 0.325. The second-order valence-corrected chi connectivity index (χ2v) is 4.35. The van der Waals surface area contributed by atoms with Gasteiger partial charge >= 0.3 is 6.01 Å². The zero-order chi connectivity index (χ0) is 15.1. The number of aromatic nitrogens is 5. The van der Waals surface area contributed by atoms with Gasteiger partial charge in [0, 0.05) is 38.4 Å². The molecule has 0 aromatic carbocycles. The van der Waals surface area contributed by atoms with Gasteiger partial charge in [0.15, 0.2) is 0 Å². The molecule has 2 aromatic rings. The SMILES string of the molecule is CCNc1nc(NCCc2ccnn2C)nc(OCC)n1. The fraction of sp³-hybridized carbons (Fsp3) is 0.538. The van der Waals surface area contributed by atoms with Crippen LogP contribution in [-0.4, -0.2) is 44.4 Å². The largest absolute Gasteiger partial charge is 0.464 e. The van der Waals surface area contributed by atoms with Crippen LogP contribution in [0.1, 0.15) is 19.5 Å². The van der Waals surface area contributed by atoms with Crippen LogP contribution >= 0.6 is 0 Å². The van der Waals surface area contributed by atoms with Gasteiger partial charge < -0.3 is 15.4 Å². The first-order valence-corrected chi connectivity index (χ1v) is 7.06. The molecule has 0 saturated heterocycles. The van der Waals surface area contributed by atoms with Gasteiger partial charge in [0.2, 0.25) is 11.9 Å². The molecule has 0 saturated carbocycles. The van der Waals surface area contributed by atoms with Crippen LogP contribution in [-0.2, 0) is 13.5 Å². The van der Waals surface area contributed by atoms with Crippen molar-refractivity contribution >= 4 is 11.9 Å². The lowest BCUT2D eigenvalue weighted by Crippen LogP contribution is -2.13. The number of aryl methyl sites for hydroxylation is 1. The predicted molar refractivity (Wildman–Crippen MR) is 80.6 cm³/mol. The summed E-state index contributed by atoms with van der Waals surface area (Å²) >= 11 is 0. The van der Waals surface area contributed by atoms with Gasteiger partial charge in [-0.15, -0.1) is 0 Å². The van der Waals surface area contributed by atoms with E-state index in [0.29, 0.717) is 31.1 Å². The van der Waals surface area contributed by atoms with Crippen LogP contribution in [0.4, 0.5) is 11.9 Å². The topological polar surface area (TPSA) is 89.8 Å². The fourth-order valence-corrected chi connectivity index (χ4v) is 1.82. The molecule has 0 unspecified atom stereocenters. The maximum absolute atomic E-state index is 5.35. The molecule has 2 aromatic heterocycles. The highest BCUT2D eigenvalue weighted by Crippen LogP contribution is 2.11. The van der Waals surface area contributed by atoms with E-state index in [1.165, 1.54) is 0 Å². The van der Waals surface area contributed by atoms with Gasteiger partial charge in [-0.1, -0.05) is 0 Å². The highest BCUT2D eigenvalue weighted by molar-refractivity contribution is 5.35. The Balaban J connectivity index is 1.99. The van der Waals surface area contributed by atoms with Crippen LogP contribution in [0.3, 0.4) is 0 Å². The van der Waals surface area contributed by atoms with Gasteiger partial charge in [-0.25, -0.2) is 0 Å². The van der Waals surface area contributed by atoms with E-state index in [1.54, 1.807) is 6.20 Å². The maximum Gasteiger partial charge on any atom is 0.323 e. The molecule has 0 aliphatic rings. The van der Waals surface area contributed by atoms with Crippen molar-refractivity contribution in [3.05, 3.63) is 18.0 Å². The smallest absolute Gasteiger partial charge is 0.323 e. The molecule has 8 heteroatoms. The van der Waals surface area contributed by atoms with E-state index >= 15 is 0 Å². The lowest BCUT2D eigenvalue weighted by molar-refractivity contribution is 0.312. The summed E-state index contributed by atoms with van der Waals surface area (Å²) in [5.41, 5.74) is 1.15. The highest BCUT2D eigenvalue weighted by atomic mass is 16.5. The summed E-state index contributed by atoms with van der Waals surface area (Å²) in [5.74, 6) is 1.02. The van der Waals surface area contributed by atoms with Crippen molar-refractivity contribution in [2.75, 3.05) is 30.3 Å². The molecule has 0 amide bonds. The Morgan fingerprint density at radius 1 is 1.14 bits per heavy atom. The molecular weight excluding hydrogens is 270 g/mol. The van der Waals surface area contributed by atoms with Crippen LogP contribution in [0.15, 0.2) is 12.3 Å². The number of nitrogens with one attached hydrogen (secondary N) is 2. The van der Waals surface area contributed by atoms with Crippen LogP contribution in [0.25, 0.3) is 0 Å². The molecule has 21 heavy (non-hydrogen) atoms. The van der Waals surface area contributed by atoms with Gasteiger partial charge in [0.25, 0.3) is 0 Å². The van der Waals surface area contributed by atoms with Crippen LogP contribution in [0.2, 0.25) is 0 Å². The molecule has 0 atom stereocenters. The first kappa shape index (κ1) is 15.0. The highest BCUT2D eigenvalue weighted by Gasteiger charge is 2.07. The second-order valence-electron chi connectivity index (χ2n) is 4.35. The number of anilines is 2. The molecule has 2 rings (SSSR count). The summed E-state index contributed by atoms with van der Waals surface area (Å²) in [5, 5.41) is 10.4. The molecule has 2 N–H and O–H groups in total. The molecular formula is C13H21N7O. The molecule has 0 spiro atoms. The van der Waals surface area contributed by atoms with E-state index in [1.807, 2.05) is 31.6 Å². The minimum absolute atomic E-state index is 0.325. The lowest BCUT2D eigenvalue weighted by Gasteiger charge is -2.09. The number of hydrogen-bond donors (Lipinski definition) is 2. The number of hydrogen-bond acceptors (Lipinski definition) is 7. The average Bonchev–Trinajstić information content (AvgIpc) is 2.85. The van der Waals surface area contributed by atoms with Crippen LogP contribution < -0.4 is 15.4 Å². The van der Waals surface area contributed by atoms with E-state index in [4.69, 9.17) is 4.74 Å². The summed E-state index contributed by atoms with van der Waals surface area (Å²) in [7, 11) is 1.93. The molecule has 0 aliphatic heterocycles. The van der Waals surface area contributed by atoms with E-state index in [9.17, 15) is 0 Å². The van der Waals surface area contributed by atoms with Gasteiger partial charge in [0.05, 0.1) is 6.61 Å². The molecule has 114 valence electrons. The van der Waals surface area contributed by atoms with Gasteiger partial charge in [0.1, 0.15) is 0 Å². The number of ether oxygens (including phenoxy) is 1. The third-order valence-corrected chi connectivity index (χ3v) is 2.81. The van der Waals surface area contributed by atoms with E-state index in [2.05, 4.69) is 30.7 Å². The Kier molecular flexibility index (Phi) is 5.30. The van der Waals surface area contributed by atoms with Crippen molar-refractivity contribution in [1.29, 1.82) is 0 Å². The van der Waals surface area contributed by atoms with E-state index < -0.39 is 0 Å². The maximum atomic E-state index is 5.35. The molecule has 0 aliphatic carbocycles. The van der Waals surface area contributed by atoms with Crippen molar-refractivity contribution in [1.82, 2.24) is 24.7 Å². The Bertz CT molecular complexity index is 545. The van der Waals surface area contributed by atoms with Crippen molar-refractivity contribution in [2.45, 2.75) is 20.3 Å². The Morgan fingerprint density at radius 3 is 2.52 bits per heavy atom. The summed E-state index contributed by atoms with van der Waals surface area (Å²) < 4.78 is 7.20. The zero-order valence-electron chi connectivity index (χ0n) is 12.6. The molecule has 8 nitrogen and oxygen atoms in total. The lowest BCUT2D eigenvalue weighted by atomic mass is 10.3. The third kappa shape index (κ3) is 4.30. The molecule has 0 radical (unpaired) electrons. The molecule has 0 fully saturated rings. The van der Waals surface area contributed by atoms with Gasteiger partial charge in [-0.2, -0.15) is 20.1 Å².